The number of hydrogen-bond donors (Lipinski definition) is 3. The number of nitrogens with one attached hydrogen (secondary N) is 2. The van der Waals surface area contributed by atoms with Gasteiger partial charge >= 0.3 is 0 Å². The fraction of sp³-hybridized carbons (Fsp3) is 0.450. The fourth-order valence-corrected chi connectivity index (χ4v) is 2.65. The van der Waals surface area contributed by atoms with Gasteiger partial charge in [0.05, 0.1) is 11.4 Å². The molecule has 0 atom stereocenters. The zero-order valence-electron chi connectivity index (χ0n) is 16.9. The summed E-state index contributed by atoms with van der Waals surface area (Å²) in [5.74, 6) is 0.677. The number of hydrogen-bond acceptors (Lipinski definition) is 4. The van der Waals surface area contributed by atoms with Gasteiger partial charge in [-0.05, 0) is 64.8 Å². The summed E-state index contributed by atoms with van der Waals surface area (Å²) in [5, 5.41) is 20.5. The first-order valence-corrected chi connectivity index (χ1v) is 9.35. The summed E-state index contributed by atoms with van der Waals surface area (Å²) in [7, 11) is 0. The van der Waals surface area contributed by atoms with Crippen LogP contribution in [0.15, 0.2) is 29.3 Å². The normalized spacial score (nSPS) is 11.9. The van der Waals surface area contributed by atoms with Crippen molar-refractivity contribution in [2.24, 2.45) is 4.99 Å². The molecule has 0 radical (unpaired) electrons. The molecule has 8 heteroatoms. The van der Waals surface area contributed by atoms with Crippen LogP contribution < -0.4 is 16.4 Å². The summed E-state index contributed by atoms with van der Waals surface area (Å²) in [5.41, 5.74) is 7.58. The van der Waals surface area contributed by atoms with Crippen LogP contribution in [0.5, 0.6) is 0 Å². The van der Waals surface area contributed by atoms with Crippen molar-refractivity contribution in [2.45, 2.75) is 46.1 Å². The lowest BCUT2D eigenvalue weighted by Gasteiger charge is -2.23. The largest absolute Gasteiger partial charge is 0.382 e. The first-order valence-electron chi connectivity index (χ1n) is 9.35. The molecule has 1 aromatic carbocycles. The lowest BCUT2D eigenvalue weighted by molar-refractivity contribution is 0.501. The minimum absolute atomic E-state index is 0.0859. The smallest absolute Gasteiger partial charge is 0.191 e. The number of aromatic nitrogens is 2. The van der Waals surface area contributed by atoms with E-state index in [2.05, 4.69) is 47.6 Å². The summed E-state index contributed by atoms with van der Waals surface area (Å²) in [6, 6.07) is 7.95. The standard InChI is InChI=1S/C20H28FN7/c1-5-24-19(26-20(2,3)4)25-12-6-7-17-16(13-22)18(23)28(27-17)15-10-8-14(21)9-11-15/h8-11H,5-7,12,23H2,1-4H3,(H2,24,25,26). The first-order chi connectivity index (χ1) is 13.2. The molecule has 2 rings (SSSR count). The second kappa shape index (κ2) is 9.22. The Bertz CT molecular complexity index is 854. The molecule has 2 aromatic rings. The van der Waals surface area contributed by atoms with Crippen molar-refractivity contribution in [1.82, 2.24) is 20.4 Å². The van der Waals surface area contributed by atoms with Gasteiger partial charge in [0.25, 0.3) is 0 Å². The summed E-state index contributed by atoms with van der Waals surface area (Å²) in [6.45, 7) is 9.60. The third kappa shape index (κ3) is 5.71. The molecule has 0 saturated heterocycles. The van der Waals surface area contributed by atoms with Crippen LogP contribution >= 0.6 is 0 Å². The maximum Gasteiger partial charge on any atom is 0.191 e. The third-order valence-corrected chi connectivity index (χ3v) is 3.86. The molecule has 0 fully saturated rings. The van der Waals surface area contributed by atoms with E-state index in [1.54, 1.807) is 12.1 Å². The quantitative estimate of drug-likeness (QED) is 0.403. The summed E-state index contributed by atoms with van der Waals surface area (Å²) in [6.07, 6.45) is 1.29. The van der Waals surface area contributed by atoms with E-state index in [0.717, 1.165) is 18.9 Å². The van der Waals surface area contributed by atoms with E-state index in [9.17, 15) is 9.65 Å². The molecule has 0 aliphatic heterocycles. The summed E-state index contributed by atoms with van der Waals surface area (Å²) in [4.78, 5) is 4.57. The van der Waals surface area contributed by atoms with E-state index in [1.807, 2.05) is 6.92 Å². The second-order valence-electron chi connectivity index (χ2n) is 7.45. The van der Waals surface area contributed by atoms with E-state index < -0.39 is 0 Å². The van der Waals surface area contributed by atoms with E-state index in [-0.39, 0.29) is 17.2 Å². The number of halogens is 1. The summed E-state index contributed by atoms with van der Waals surface area (Å²) < 4.78 is 14.6. The van der Waals surface area contributed by atoms with Crippen molar-refractivity contribution in [3.8, 4) is 11.8 Å². The van der Waals surface area contributed by atoms with Crippen LogP contribution in [0.4, 0.5) is 10.2 Å². The zero-order chi connectivity index (χ0) is 20.7. The minimum Gasteiger partial charge on any atom is -0.382 e. The van der Waals surface area contributed by atoms with Gasteiger partial charge < -0.3 is 16.4 Å². The maximum absolute atomic E-state index is 13.1. The number of aryl methyl sites for hydroxylation is 1. The Kier molecular flexibility index (Phi) is 6.99. The van der Waals surface area contributed by atoms with Gasteiger partial charge in [-0.15, -0.1) is 0 Å². The highest BCUT2D eigenvalue weighted by atomic mass is 19.1. The third-order valence-electron chi connectivity index (χ3n) is 3.86. The molecular weight excluding hydrogens is 357 g/mol. The Morgan fingerprint density at radius 1 is 1.32 bits per heavy atom. The molecule has 0 bridgehead atoms. The minimum atomic E-state index is -0.339. The Morgan fingerprint density at radius 3 is 2.57 bits per heavy atom. The van der Waals surface area contributed by atoms with E-state index >= 15 is 0 Å². The van der Waals surface area contributed by atoms with Crippen molar-refractivity contribution in [2.75, 3.05) is 18.8 Å². The highest BCUT2D eigenvalue weighted by molar-refractivity contribution is 5.80. The first kappa shape index (κ1) is 21.2. The SMILES string of the molecule is CCNC(=NCCCc1nn(-c2ccc(F)cc2)c(N)c1C#N)NC(C)(C)C. The summed E-state index contributed by atoms with van der Waals surface area (Å²) >= 11 is 0. The number of guanidine groups is 1. The van der Waals surface area contributed by atoms with Crippen LogP contribution in [-0.4, -0.2) is 34.4 Å². The molecule has 4 N–H and O–H groups in total. The number of rotatable bonds is 6. The topological polar surface area (TPSA) is 104 Å². The average Bonchev–Trinajstić information content (AvgIpc) is 2.94. The van der Waals surface area contributed by atoms with Gasteiger partial charge in [0.1, 0.15) is 23.3 Å². The van der Waals surface area contributed by atoms with Gasteiger partial charge in [-0.1, -0.05) is 0 Å². The molecule has 28 heavy (non-hydrogen) atoms. The van der Waals surface area contributed by atoms with Crippen LogP contribution in [0, 0.1) is 17.1 Å². The monoisotopic (exact) mass is 385 g/mol. The van der Waals surface area contributed by atoms with E-state index in [4.69, 9.17) is 5.73 Å². The highest BCUT2D eigenvalue weighted by Crippen LogP contribution is 2.21. The highest BCUT2D eigenvalue weighted by Gasteiger charge is 2.16. The van der Waals surface area contributed by atoms with E-state index in [0.29, 0.717) is 29.9 Å². The van der Waals surface area contributed by atoms with Gasteiger partial charge in [0, 0.05) is 18.6 Å². The zero-order valence-corrected chi connectivity index (χ0v) is 16.9. The number of anilines is 1. The van der Waals surface area contributed by atoms with Gasteiger partial charge in [-0.2, -0.15) is 10.4 Å². The molecule has 0 saturated carbocycles. The van der Waals surface area contributed by atoms with Crippen molar-refractivity contribution in [3.63, 3.8) is 0 Å². The Morgan fingerprint density at radius 2 is 2.00 bits per heavy atom. The maximum atomic E-state index is 13.1. The molecule has 7 nitrogen and oxygen atoms in total. The van der Waals surface area contributed by atoms with Crippen molar-refractivity contribution >= 4 is 11.8 Å². The van der Waals surface area contributed by atoms with E-state index in [1.165, 1.54) is 16.8 Å². The van der Waals surface area contributed by atoms with Crippen LogP contribution in [0.25, 0.3) is 5.69 Å². The number of benzene rings is 1. The number of nitrogen functional groups attached to an aromatic ring is 1. The molecule has 150 valence electrons. The van der Waals surface area contributed by atoms with Crippen molar-refractivity contribution < 1.29 is 4.39 Å². The van der Waals surface area contributed by atoms with Crippen LogP contribution in [0.3, 0.4) is 0 Å². The van der Waals surface area contributed by atoms with Gasteiger partial charge in [0.2, 0.25) is 0 Å². The molecule has 0 aliphatic rings. The molecule has 0 aliphatic carbocycles. The van der Waals surface area contributed by atoms with Gasteiger partial charge in [-0.3, -0.25) is 4.99 Å². The Balaban J connectivity index is 2.10. The number of nitriles is 1. The number of aliphatic imine (C=N–C) groups is 1. The molecule has 0 unspecified atom stereocenters. The lowest BCUT2D eigenvalue weighted by Crippen LogP contribution is -2.47. The molecular formula is C20H28FN7. The van der Waals surface area contributed by atoms with Crippen LogP contribution in [0.1, 0.15) is 45.4 Å². The Hall–Kier alpha value is -3.08. The average molecular weight is 385 g/mol. The van der Waals surface area contributed by atoms with Crippen LogP contribution in [0.2, 0.25) is 0 Å². The van der Waals surface area contributed by atoms with Crippen molar-refractivity contribution in [1.29, 1.82) is 5.26 Å². The fourth-order valence-electron chi connectivity index (χ4n) is 2.65. The van der Waals surface area contributed by atoms with Gasteiger partial charge in [-0.25, -0.2) is 9.07 Å². The van der Waals surface area contributed by atoms with Gasteiger partial charge in [0.15, 0.2) is 5.96 Å². The molecule has 1 heterocycles. The van der Waals surface area contributed by atoms with Crippen molar-refractivity contribution in [3.05, 3.63) is 41.3 Å². The predicted octanol–water partition coefficient (Wildman–Crippen LogP) is 2.75. The number of nitrogens with two attached hydrogens (primary N) is 1. The molecule has 0 spiro atoms. The molecule has 1 aromatic heterocycles. The number of nitrogens with zero attached hydrogens (tertiary/aromatic N) is 4. The second-order valence-corrected chi connectivity index (χ2v) is 7.45. The van der Waals surface area contributed by atoms with Crippen LogP contribution in [-0.2, 0) is 6.42 Å². The predicted molar refractivity (Wildman–Crippen MR) is 110 cm³/mol. The molecule has 0 amide bonds. The lowest BCUT2D eigenvalue weighted by atomic mass is 10.1. The Labute approximate surface area is 165 Å².